The quantitative estimate of drug-likeness (QED) is 0.843. The van der Waals surface area contributed by atoms with E-state index in [1.54, 1.807) is 6.20 Å². The molecule has 0 N–H and O–H groups in total. The lowest BCUT2D eigenvalue weighted by atomic mass is 10.1. The first-order chi connectivity index (χ1) is 10.3. The second-order valence-electron chi connectivity index (χ2n) is 5.71. The van der Waals surface area contributed by atoms with E-state index in [1.807, 2.05) is 18.2 Å². The van der Waals surface area contributed by atoms with Crippen molar-refractivity contribution in [2.24, 2.45) is 5.92 Å². The van der Waals surface area contributed by atoms with Crippen LogP contribution in [0.15, 0.2) is 24.4 Å². The Kier molecular flexibility index (Phi) is 2.97. The number of anilines is 1. The maximum Gasteiger partial charge on any atom is 0.161 e. The lowest BCUT2D eigenvalue weighted by Gasteiger charge is -2.34. The normalized spacial score (nSPS) is 22.2. The first-order valence-corrected chi connectivity index (χ1v) is 7.37. The highest BCUT2D eigenvalue weighted by Crippen LogP contribution is 2.36. The molecule has 1 unspecified atom stereocenters. The molecular formula is C16H16N4O. The number of ether oxygens (including phenoxy) is 1. The van der Waals surface area contributed by atoms with Crippen LogP contribution in [0, 0.1) is 17.2 Å². The molecule has 0 bridgehead atoms. The average molecular weight is 280 g/mol. The highest BCUT2D eigenvalue weighted by Gasteiger charge is 2.36. The van der Waals surface area contributed by atoms with Gasteiger partial charge in [0.1, 0.15) is 11.9 Å². The molecule has 3 heterocycles. The van der Waals surface area contributed by atoms with Gasteiger partial charge in [-0.3, -0.25) is 0 Å². The average Bonchev–Trinajstić information content (AvgIpc) is 3.38. The van der Waals surface area contributed by atoms with Gasteiger partial charge in [0, 0.05) is 24.7 Å². The number of rotatable bonds is 2. The third-order valence-electron chi connectivity index (χ3n) is 4.23. The van der Waals surface area contributed by atoms with Gasteiger partial charge in [0.15, 0.2) is 5.65 Å². The van der Waals surface area contributed by atoms with E-state index in [4.69, 9.17) is 4.74 Å². The Bertz CT molecular complexity index is 720. The summed E-state index contributed by atoms with van der Waals surface area (Å²) in [5.41, 5.74) is 1.31. The van der Waals surface area contributed by atoms with Gasteiger partial charge >= 0.3 is 0 Å². The molecule has 1 aliphatic carbocycles. The topological polar surface area (TPSA) is 62.0 Å². The monoisotopic (exact) mass is 280 g/mol. The number of hydrogen-bond acceptors (Lipinski definition) is 5. The van der Waals surface area contributed by atoms with E-state index in [0.29, 0.717) is 23.7 Å². The molecule has 0 spiro atoms. The molecule has 21 heavy (non-hydrogen) atoms. The summed E-state index contributed by atoms with van der Waals surface area (Å²) in [5.74, 6) is 1.44. The van der Waals surface area contributed by atoms with Crippen LogP contribution in [-0.2, 0) is 4.74 Å². The minimum absolute atomic E-state index is 0.284. The predicted octanol–water partition coefficient (Wildman–Crippen LogP) is 2.12. The minimum atomic E-state index is 0.284. The molecule has 0 amide bonds. The zero-order chi connectivity index (χ0) is 14.2. The number of morpholine rings is 1. The third-order valence-corrected chi connectivity index (χ3v) is 4.23. The first kappa shape index (κ1) is 12.5. The minimum Gasteiger partial charge on any atom is -0.374 e. The van der Waals surface area contributed by atoms with Crippen molar-refractivity contribution in [3.05, 3.63) is 30.0 Å². The third kappa shape index (κ3) is 2.32. The predicted molar refractivity (Wildman–Crippen MR) is 78.9 cm³/mol. The zero-order valence-corrected chi connectivity index (χ0v) is 11.7. The van der Waals surface area contributed by atoms with Gasteiger partial charge in [-0.2, -0.15) is 5.26 Å². The number of nitrogens with zero attached hydrogens (tertiary/aromatic N) is 4. The van der Waals surface area contributed by atoms with Crippen LogP contribution in [0.3, 0.4) is 0 Å². The smallest absolute Gasteiger partial charge is 0.161 e. The maximum absolute atomic E-state index is 9.43. The van der Waals surface area contributed by atoms with Gasteiger partial charge in [-0.15, -0.1) is 0 Å². The van der Waals surface area contributed by atoms with Crippen LogP contribution in [0.4, 0.5) is 5.82 Å². The molecule has 2 aromatic rings. The number of aromatic nitrogens is 2. The molecule has 1 saturated heterocycles. The Balaban J connectivity index is 1.72. The highest BCUT2D eigenvalue weighted by atomic mass is 16.5. The van der Waals surface area contributed by atoms with Gasteiger partial charge in [0.2, 0.25) is 0 Å². The van der Waals surface area contributed by atoms with E-state index in [2.05, 4.69) is 20.9 Å². The fraction of sp³-hybridized carbons (Fsp3) is 0.438. The van der Waals surface area contributed by atoms with Gasteiger partial charge in [-0.25, -0.2) is 9.97 Å². The summed E-state index contributed by atoms with van der Waals surface area (Å²) < 4.78 is 5.85. The Morgan fingerprint density at radius 3 is 3.10 bits per heavy atom. The Morgan fingerprint density at radius 1 is 1.38 bits per heavy atom. The summed E-state index contributed by atoms with van der Waals surface area (Å²) in [6.45, 7) is 2.31. The number of nitriles is 1. The molecule has 2 fully saturated rings. The molecule has 5 nitrogen and oxygen atoms in total. The molecule has 5 heteroatoms. The molecule has 1 atom stereocenters. The molecular weight excluding hydrogens is 264 g/mol. The van der Waals surface area contributed by atoms with Crippen molar-refractivity contribution in [1.82, 2.24) is 9.97 Å². The zero-order valence-electron chi connectivity index (χ0n) is 11.7. The van der Waals surface area contributed by atoms with E-state index in [9.17, 15) is 5.26 Å². The van der Waals surface area contributed by atoms with Crippen molar-refractivity contribution in [3.63, 3.8) is 0 Å². The number of pyridine rings is 2. The van der Waals surface area contributed by atoms with Crippen LogP contribution in [-0.4, -0.2) is 35.8 Å². The summed E-state index contributed by atoms with van der Waals surface area (Å²) in [6.07, 6.45) is 4.54. The molecule has 0 radical (unpaired) electrons. The second-order valence-corrected chi connectivity index (χ2v) is 5.71. The van der Waals surface area contributed by atoms with E-state index in [-0.39, 0.29) is 6.10 Å². The summed E-state index contributed by atoms with van der Waals surface area (Å²) in [5, 5.41) is 10.3. The Labute approximate surface area is 123 Å². The maximum atomic E-state index is 9.43. The summed E-state index contributed by atoms with van der Waals surface area (Å²) in [4.78, 5) is 11.1. The van der Waals surface area contributed by atoms with Gasteiger partial charge in [-0.05, 0) is 37.0 Å². The number of hydrogen-bond donors (Lipinski definition) is 0. The SMILES string of the molecule is N#Cc1cc2cccnc2nc1N1CCOC(C2CC2)C1. The molecule has 1 saturated carbocycles. The van der Waals surface area contributed by atoms with Crippen LogP contribution < -0.4 is 4.90 Å². The van der Waals surface area contributed by atoms with E-state index < -0.39 is 0 Å². The van der Waals surface area contributed by atoms with Gasteiger partial charge in [0.05, 0.1) is 18.3 Å². The molecule has 106 valence electrons. The highest BCUT2D eigenvalue weighted by molar-refractivity contribution is 5.79. The lowest BCUT2D eigenvalue weighted by molar-refractivity contribution is 0.0261. The van der Waals surface area contributed by atoms with Crippen LogP contribution in [0.5, 0.6) is 0 Å². The summed E-state index contributed by atoms with van der Waals surface area (Å²) in [7, 11) is 0. The van der Waals surface area contributed by atoms with Crippen LogP contribution >= 0.6 is 0 Å². The number of fused-ring (bicyclic) bond motifs is 1. The van der Waals surface area contributed by atoms with E-state index in [1.165, 1.54) is 12.8 Å². The fourth-order valence-corrected chi connectivity index (χ4v) is 2.94. The van der Waals surface area contributed by atoms with Crippen LogP contribution in [0.2, 0.25) is 0 Å². The standard InChI is InChI=1S/C16H16N4O/c17-9-13-8-12-2-1-5-18-15(12)19-16(13)20-6-7-21-14(10-20)11-3-4-11/h1-2,5,8,11,14H,3-4,6-7,10H2. The van der Waals surface area contributed by atoms with Crippen LogP contribution in [0.1, 0.15) is 18.4 Å². The van der Waals surface area contributed by atoms with E-state index >= 15 is 0 Å². The summed E-state index contributed by atoms with van der Waals surface area (Å²) >= 11 is 0. The lowest BCUT2D eigenvalue weighted by Crippen LogP contribution is -2.44. The van der Waals surface area contributed by atoms with Crippen molar-refractivity contribution >= 4 is 16.9 Å². The van der Waals surface area contributed by atoms with Crippen LogP contribution in [0.25, 0.3) is 11.0 Å². The molecule has 2 aliphatic rings. The van der Waals surface area contributed by atoms with Crippen molar-refractivity contribution in [2.75, 3.05) is 24.6 Å². The van der Waals surface area contributed by atoms with E-state index in [0.717, 1.165) is 24.3 Å². The fourth-order valence-electron chi connectivity index (χ4n) is 2.94. The second kappa shape index (κ2) is 4.97. The largest absolute Gasteiger partial charge is 0.374 e. The first-order valence-electron chi connectivity index (χ1n) is 7.37. The molecule has 2 aromatic heterocycles. The Morgan fingerprint density at radius 2 is 2.29 bits per heavy atom. The summed E-state index contributed by atoms with van der Waals surface area (Å²) in [6, 6.07) is 7.95. The molecule has 4 rings (SSSR count). The van der Waals surface area contributed by atoms with Crippen molar-refractivity contribution in [3.8, 4) is 6.07 Å². The van der Waals surface area contributed by atoms with Crippen molar-refractivity contribution in [2.45, 2.75) is 18.9 Å². The van der Waals surface area contributed by atoms with Crippen molar-refractivity contribution < 1.29 is 4.74 Å². The Hall–Kier alpha value is -2.19. The van der Waals surface area contributed by atoms with Crippen molar-refractivity contribution in [1.29, 1.82) is 5.26 Å². The van der Waals surface area contributed by atoms with Gasteiger partial charge in [-0.1, -0.05) is 0 Å². The molecule has 0 aromatic carbocycles. The molecule has 1 aliphatic heterocycles. The van der Waals surface area contributed by atoms with Gasteiger partial charge < -0.3 is 9.64 Å². The van der Waals surface area contributed by atoms with Gasteiger partial charge in [0.25, 0.3) is 0 Å².